The van der Waals surface area contributed by atoms with E-state index in [1.807, 2.05) is 0 Å². The molecule has 0 aliphatic heterocycles. The maximum Gasteiger partial charge on any atom is 0.345 e. The second-order valence-electron chi connectivity index (χ2n) is 9.81. The predicted octanol–water partition coefficient (Wildman–Crippen LogP) is 5.76. The third kappa shape index (κ3) is 2.70. The Kier molecular flexibility index (Phi) is 4.57. The van der Waals surface area contributed by atoms with Crippen LogP contribution >= 0.6 is 0 Å². The molecule has 0 aromatic rings. The Morgan fingerprint density at radius 2 is 1.92 bits per heavy atom. The number of alkyl halides is 2. The van der Waals surface area contributed by atoms with Crippen molar-refractivity contribution in [3.05, 3.63) is 11.6 Å². The van der Waals surface area contributed by atoms with E-state index in [0.29, 0.717) is 30.0 Å². The Bertz CT molecular complexity index is 615. The van der Waals surface area contributed by atoms with E-state index in [1.54, 1.807) is 6.92 Å². The Hall–Kier alpha value is -0.770. The van der Waals surface area contributed by atoms with Gasteiger partial charge in [0.2, 0.25) is 0 Å². The summed E-state index contributed by atoms with van der Waals surface area (Å²) in [4.78, 5) is 12.2. The molecule has 0 aromatic carbocycles. The SMILES string of the molecule is CC(=O)[C@H]1CC[C@H]2[C@@H]3CC=C4C[C@@H](OC(F)F)CC[C@]4(C)[C@H]3CC[C@]12C. The van der Waals surface area contributed by atoms with Gasteiger partial charge in [-0.2, -0.15) is 8.78 Å². The van der Waals surface area contributed by atoms with E-state index in [9.17, 15) is 13.6 Å². The molecule has 0 spiro atoms. The van der Waals surface area contributed by atoms with Crippen LogP contribution in [0.2, 0.25) is 0 Å². The number of carbonyl (C=O) groups excluding carboxylic acids is 1. The molecule has 4 rings (SSSR count). The average Bonchev–Trinajstić information content (AvgIpc) is 2.92. The molecule has 26 heavy (non-hydrogen) atoms. The van der Waals surface area contributed by atoms with Crippen molar-refractivity contribution in [2.75, 3.05) is 0 Å². The standard InChI is InChI=1S/C22H32F2O2/c1-13(25)17-6-7-18-16-5-4-14-12-15(26-20(23)24)8-10-21(14,2)19(16)9-11-22(17,18)3/h4,15-20H,5-12H2,1-3H3/t15-,16-,17+,18-,19-,21-,22+/m0/s1. The van der Waals surface area contributed by atoms with Crippen molar-refractivity contribution in [2.24, 2.45) is 34.5 Å². The fraction of sp³-hybridized carbons (Fsp3) is 0.864. The van der Waals surface area contributed by atoms with E-state index in [-0.39, 0.29) is 22.9 Å². The fourth-order valence-corrected chi connectivity index (χ4v) is 7.56. The van der Waals surface area contributed by atoms with E-state index < -0.39 is 6.61 Å². The number of carbonyl (C=O) groups is 1. The monoisotopic (exact) mass is 366 g/mol. The largest absolute Gasteiger partial charge is 0.345 e. The van der Waals surface area contributed by atoms with E-state index in [2.05, 4.69) is 19.9 Å². The molecule has 4 aliphatic carbocycles. The minimum Gasteiger partial charge on any atom is -0.319 e. The normalized spacial score (nSPS) is 47.8. The van der Waals surface area contributed by atoms with Crippen molar-refractivity contribution < 1.29 is 18.3 Å². The van der Waals surface area contributed by atoms with Crippen molar-refractivity contribution in [1.82, 2.24) is 0 Å². The lowest BCUT2D eigenvalue weighted by atomic mass is 9.47. The van der Waals surface area contributed by atoms with Crippen LogP contribution in [0.4, 0.5) is 8.78 Å². The van der Waals surface area contributed by atoms with Crippen molar-refractivity contribution in [3.8, 4) is 0 Å². The van der Waals surface area contributed by atoms with Gasteiger partial charge in [-0.3, -0.25) is 4.79 Å². The van der Waals surface area contributed by atoms with Crippen LogP contribution in [0.5, 0.6) is 0 Å². The summed E-state index contributed by atoms with van der Waals surface area (Å²) < 4.78 is 30.1. The zero-order valence-corrected chi connectivity index (χ0v) is 16.3. The molecule has 0 saturated heterocycles. The van der Waals surface area contributed by atoms with Crippen LogP contribution in [0, 0.1) is 34.5 Å². The van der Waals surface area contributed by atoms with E-state index in [4.69, 9.17) is 4.74 Å². The lowest BCUT2D eigenvalue weighted by Crippen LogP contribution is -2.51. The van der Waals surface area contributed by atoms with Crippen LogP contribution in [0.1, 0.15) is 72.1 Å². The number of rotatable bonds is 3. The molecule has 0 amide bonds. The number of ether oxygens (including phenoxy) is 1. The topological polar surface area (TPSA) is 26.3 Å². The molecule has 146 valence electrons. The third-order valence-electron chi connectivity index (χ3n) is 8.84. The van der Waals surface area contributed by atoms with Gasteiger partial charge in [0.25, 0.3) is 0 Å². The first-order chi connectivity index (χ1) is 12.3. The lowest BCUT2D eigenvalue weighted by molar-refractivity contribution is -0.173. The molecular formula is C22H32F2O2. The molecule has 4 heteroatoms. The van der Waals surface area contributed by atoms with Gasteiger partial charge < -0.3 is 4.74 Å². The highest BCUT2D eigenvalue weighted by molar-refractivity contribution is 5.79. The van der Waals surface area contributed by atoms with Gasteiger partial charge in [-0.1, -0.05) is 25.5 Å². The van der Waals surface area contributed by atoms with Gasteiger partial charge in [0.15, 0.2) is 0 Å². The number of hydrogen-bond donors (Lipinski definition) is 0. The van der Waals surface area contributed by atoms with Crippen molar-refractivity contribution in [3.63, 3.8) is 0 Å². The zero-order chi connectivity index (χ0) is 18.7. The van der Waals surface area contributed by atoms with Gasteiger partial charge in [0, 0.05) is 5.92 Å². The number of allylic oxidation sites excluding steroid dienone is 1. The van der Waals surface area contributed by atoms with E-state index in [0.717, 1.165) is 32.1 Å². The maximum atomic E-state index is 12.6. The van der Waals surface area contributed by atoms with Crippen molar-refractivity contribution in [2.45, 2.75) is 84.9 Å². The zero-order valence-electron chi connectivity index (χ0n) is 16.3. The highest BCUT2D eigenvalue weighted by atomic mass is 19.3. The summed E-state index contributed by atoms with van der Waals surface area (Å²) in [6.45, 7) is 3.84. The quantitative estimate of drug-likeness (QED) is 0.593. The van der Waals surface area contributed by atoms with Gasteiger partial charge in [-0.25, -0.2) is 0 Å². The number of halogens is 2. The number of ketones is 1. The Balaban J connectivity index is 1.58. The second-order valence-corrected chi connectivity index (χ2v) is 9.81. The molecule has 0 bridgehead atoms. The summed E-state index contributed by atoms with van der Waals surface area (Å²) in [5.41, 5.74) is 1.67. The van der Waals surface area contributed by atoms with Crippen LogP contribution in [0.3, 0.4) is 0 Å². The summed E-state index contributed by atoms with van der Waals surface area (Å²) in [6.07, 6.45) is 10.00. The highest BCUT2D eigenvalue weighted by Crippen LogP contribution is 2.66. The Morgan fingerprint density at radius 3 is 2.62 bits per heavy atom. The van der Waals surface area contributed by atoms with Gasteiger partial charge >= 0.3 is 6.61 Å². The molecule has 0 N–H and O–H groups in total. The molecule has 2 nitrogen and oxygen atoms in total. The first kappa shape index (κ1) is 18.6. The molecule has 3 fully saturated rings. The second kappa shape index (κ2) is 6.39. The van der Waals surface area contributed by atoms with Crippen molar-refractivity contribution in [1.29, 1.82) is 0 Å². The van der Waals surface area contributed by atoms with Crippen LogP contribution in [-0.4, -0.2) is 18.5 Å². The molecule has 0 unspecified atom stereocenters. The molecule has 0 radical (unpaired) electrons. The lowest BCUT2D eigenvalue weighted by Gasteiger charge is -2.58. The van der Waals surface area contributed by atoms with Gasteiger partial charge in [0.1, 0.15) is 5.78 Å². The average molecular weight is 366 g/mol. The van der Waals surface area contributed by atoms with E-state index >= 15 is 0 Å². The summed E-state index contributed by atoms with van der Waals surface area (Å²) in [6, 6.07) is 0. The van der Waals surface area contributed by atoms with Crippen LogP contribution in [-0.2, 0) is 9.53 Å². The van der Waals surface area contributed by atoms with E-state index in [1.165, 1.54) is 18.4 Å². The molecule has 0 heterocycles. The smallest absolute Gasteiger partial charge is 0.319 e. The third-order valence-corrected chi connectivity index (χ3v) is 8.84. The fourth-order valence-electron chi connectivity index (χ4n) is 7.56. The number of fused-ring (bicyclic) bond motifs is 5. The van der Waals surface area contributed by atoms with Gasteiger partial charge in [-0.05, 0) is 86.9 Å². The molecule has 4 aliphatic rings. The Morgan fingerprint density at radius 1 is 1.15 bits per heavy atom. The van der Waals surface area contributed by atoms with Crippen molar-refractivity contribution >= 4 is 5.78 Å². The van der Waals surface area contributed by atoms with Gasteiger partial charge in [0.05, 0.1) is 6.10 Å². The minimum atomic E-state index is -2.67. The number of Topliss-reactive ketones (excluding diaryl/α,β-unsaturated/α-hetero) is 1. The minimum absolute atomic E-state index is 0.139. The van der Waals surface area contributed by atoms with Crippen LogP contribution < -0.4 is 0 Å². The molecule has 3 saturated carbocycles. The number of hydrogen-bond acceptors (Lipinski definition) is 2. The summed E-state index contributed by atoms with van der Waals surface area (Å²) >= 11 is 0. The maximum absolute atomic E-state index is 12.6. The van der Waals surface area contributed by atoms with Crippen LogP contribution in [0.15, 0.2) is 11.6 Å². The first-order valence-corrected chi connectivity index (χ1v) is 10.4. The summed E-state index contributed by atoms with van der Waals surface area (Å²) in [7, 11) is 0. The molecular weight excluding hydrogens is 334 g/mol. The highest BCUT2D eigenvalue weighted by Gasteiger charge is 2.59. The summed E-state index contributed by atoms with van der Waals surface area (Å²) in [5, 5.41) is 0. The predicted molar refractivity (Wildman–Crippen MR) is 96.8 cm³/mol. The molecule has 7 atom stereocenters. The summed E-state index contributed by atoms with van der Waals surface area (Å²) in [5.74, 6) is 2.54. The molecule has 0 aromatic heterocycles. The Labute approximate surface area is 155 Å². The van der Waals surface area contributed by atoms with Gasteiger partial charge in [-0.15, -0.1) is 0 Å². The first-order valence-electron chi connectivity index (χ1n) is 10.4. The van der Waals surface area contributed by atoms with Crippen LogP contribution in [0.25, 0.3) is 0 Å².